The van der Waals surface area contributed by atoms with Crippen LogP contribution >= 0.6 is 12.4 Å². The van der Waals surface area contributed by atoms with Gasteiger partial charge in [0.1, 0.15) is 0 Å². The van der Waals surface area contributed by atoms with Gasteiger partial charge in [-0.1, -0.05) is 19.8 Å². The molecule has 0 aromatic rings. The molecule has 0 aliphatic carbocycles. The molecule has 0 unspecified atom stereocenters. The lowest BCUT2D eigenvalue weighted by atomic mass is 9.91. The highest BCUT2D eigenvalue weighted by atomic mass is 35.5. The first-order chi connectivity index (χ1) is 3.50. The fraction of sp³-hybridized carbons (Fsp3) is 0.714. The van der Waals surface area contributed by atoms with Crippen LogP contribution < -0.4 is 5.73 Å². The van der Waals surface area contributed by atoms with Gasteiger partial charge in [-0.25, -0.2) is 0 Å². The van der Waals surface area contributed by atoms with Crippen LogP contribution in [0, 0.1) is 18.3 Å². The molecule has 0 saturated carbocycles. The highest BCUT2D eigenvalue weighted by Gasteiger charge is 2.18. The maximum atomic E-state index is 5.62. The second-order valence-electron chi connectivity index (χ2n) is 2.58. The molecule has 0 aromatic heterocycles. The van der Waals surface area contributed by atoms with Crippen LogP contribution in [-0.2, 0) is 0 Å². The van der Waals surface area contributed by atoms with Crippen LogP contribution in [0.2, 0.25) is 0 Å². The Morgan fingerprint density at radius 3 is 1.89 bits per heavy atom. The average molecular weight is 148 g/mol. The van der Waals surface area contributed by atoms with E-state index in [-0.39, 0.29) is 12.4 Å². The van der Waals surface area contributed by atoms with E-state index in [4.69, 9.17) is 12.2 Å². The van der Waals surface area contributed by atoms with E-state index >= 15 is 0 Å². The van der Waals surface area contributed by atoms with E-state index in [0.717, 1.165) is 0 Å². The summed E-state index contributed by atoms with van der Waals surface area (Å²) >= 11 is 0. The molecule has 2 heteroatoms. The number of hydrogen-bond donors (Lipinski definition) is 1. The van der Waals surface area contributed by atoms with Gasteiger partial charge in [0.05, 0.1) is 5.54 Å². The quantitative estimate of drug-likeness (QED) is 0.558. The standard InChI is InChI=1S/C7H13N.ClH/c1-5-7(4,8)6(2)3;/h1,6H,8H2,2-4H3;1H/t7-;/m0./s1. The number of nitrogens with two attached hydrogens (primary N) is 1. The van der Waals surface area contributed by atoms with Crippen molar-refractivity contribution in [1.82, 2.24) is 0 Å². The summed E-state index contributed by atoms with van der Waals surface area (Å²) in [7, 11) is 0. The fourth-order valence-corrected chi connectivity index (χ4v) is 0.167. The number of halogens is 1. The summed E-state index contributed by atoms with van der Waals surface area (Å²) in [5.74, 6) is 2.87. The maximum absolute atomic E-state index is 5.62. The second-order valence-corrected chi connectivity index (χ2v) is 2.58. The number of terminal acetylenes is 1. The van der Waals surface area contributed by atoms with Crippen LogP contribution in [0.15, 0.2) is 0 Å². The lowest BCUT2D eigenvalue weighted by molar-refractivity contribution is 0.435. The number of hydrogen-bond acceptors (Lipinski definition) is 1. The van der Waals surface area contributed by atoms with Crippen LogP contribution in [0.3, 0.4) is 0 Å². The molecule has 0 amide bonds. The van der Waals surface area contributed by atoms with Gasteiger partial charge in [-0.2, -0.15) is 0 Å². The first-order valence-electron chi connectivity index (χ1n) is 2.77. The molecule has 0 aromatic carbocycles. The summed E-state index contributed by atoms with van der Waals surface area (Å²) in [6, 6.07) is 0. The molecule has 1 nitrogen and oxygen atoms in total. The molecule has 0 aliphatic heterocycles. The lowest BCUT2D eigenvalue weighted by Gasteiger charge is -2.21. The average Bonchev–Trinajstić information content (AvgIpc) is 1.67. The van der Waals surface area contributed by atoms with Crippen LogP contribution in [0.4, 0.5) is 0 Å². The minimum Gasteiger partial charge on any atom is -0.315 e. The molecule has 0 rings (SSSR count). The van der Waals surface area contributed by atoms with E-state index in [2.05, 4.69) is 5.92 Å². The summed E-state index contributed by atoms with van der Waals surface area (Å²) in [6.07, 6.45) is 5.13. The second kappa shape index (κ2) is 3.76. The molecule has 0 saturated heterocycles. The molecule has 0 heterocycles. The van der Waals surface area contributed by atoms with Crippen LogP contribution in [0.1, 0.15) is 20.8 Å². The van der Waals surface area contributed by atoms with Crippen LogP contribution in [-0.4, -0.2) is 5.54 Å². The highest BCUT2D eigenvalue weighted by molar-refractivity contribution is 5.85. The zero-order valence-corrected chi connectivity index (χ0v) is 6.96. The third-order valence-corrected chi connectivity index (χ3v) is 1.51. The van der Waals surface area contributed by atoms with Gasteiger partial charge >= 0.3 is 0 Å². The normalized spacial score (nSPS) is 15.6. The van der Waals surface area contributed by atoms with E-state index in [1.165, 1.54) is 0 Å². The molecule has 0 spiro atoms. The third kappa shape index (κ3) is 3.40. The van der Waals surface area contributed by atoms with Crippen molar-refractivity contribution in [3.8, 4) is 12.3 Å². The fourth-order valence-electron chi connectivity index (χ4n) is 0.167. The Morgan fingerprint density at radius 1 is 1.56 bits per heavy atom. The van der Waals surface area contributed by atoms with Gasteiger partial charge in [-0.3, -0.25) is 0 Å². The minimum absolute atomic E-state index is 0. The Morgan fingerprint density at radius 2 is 1.89 bits per heavy atom. The Kier molecular flexibility index (Phi) is 4.85. The summed E-state index contributed by atoms with van der Waals surface area (Å²) < 4.78 is 0. The predicted octanol–water partition coefficient (Wildman–Crippen LogP) is 1.41. The Hall–Kier alpha value is -0.190. The molecule has 9 heavy (non-hydrogen) atoms. The summed E-state index contributed by atoms with van der Waals surface area (Å²) in [5.41, 5.74) is 5.19. The topological polar surface area (TPSA) is 26.0 Å². The summed E-state index contributed by atoms with van der Waals surface area (Å²) in [5, 5.41) is 0. The van der Waals surface area contributed by atoms with Crippen LogP contribution in [0.25, 0.3) is 0 Å². The highest BCUT2D eigenvalue weighted by Crippen LogP contribution is 2.09. The van der Waals surface area contributed by atoms with Crippen molar-refractivity contribution in [3.63, 3.8) is 0 Å². The maximum Gasteiger partial charge on any atom is 0.0768 e. The summed E-state index contributed by atoms with van der Waals surface area (Å²) in [6.45, 7) is 5.89. The smallest absolute Gasteiger partial charge is 0.0768 e. The molecule has 2 N–H and O–H groups in total. The Labute approximate surface area is 63.4 Å². The predicted molar refractivity (Wildman–Crippen MR) is 43.5 cm³/mol. The molecule has 54 valence electrons. The molecular formula is C7H14ClN. The molecular weight excluding hydrogens is 134 g/mol. The SMILES string of the molecule is C#C[C@](C)(N)C(C)C.Cl. The van der Waals surface area contributed by atoms with Crippen molar-refractivity contribution in [1.29, 1.82) is 0 Å². The monoisotopic (exact) mass is 147 g/mol. The molecule has 0 bridgehead atoms. The zero-order chi connectivity index (χ0) is 6.78. The van der Waals surface area contributed by atoms with Crippen molar-refractivity contribution in [3.05, 3.63) is 0 Å². The van der Waals surface area contributed by atoms with Crippen molar-refractivity contribution >= 4 is 12.4 Å². The Bertz CT molecular complexity index is 111. The van der Waals surface area contributed by atoms with Crippen molar-refractivity contribution in [2.45, 2.75) is 26.3 Å². The van der Waals surface area contributed by atoms with Gasteiger partial charge < -0.3 is 5.73 Å². The van der Waals surface area contributed by atoms with Gasteiger partial charge in [0, 0.05) is 0 Å². The first kappa shape index (κ1) is 11.6. The van der Waals surface area contributed by atoms with E-state index in [1.54, 1.807) is 0 Å². The number of rotatable bonds is 1. The van der Waals surface area contributed by atoms with Gasteiger partial charge in [-0.05, 0) is 12.8 Å². The third-order valence-electron chi connectivity index (χ3n) is 1.51. The first-order valence-corrected chi connectivity index (χ1v) is 2.77. The van der Waals surface area contributed by atoms with E-state index in [1.807, 2.05) is 20.8 Å². The van der Waals surface area contributed by atoms with Crippen molar-refractivity contribution < 1.29 is 0 Å². The Balaban J connectivity index is 0. The minimum atomic E-state index is -0.431. The van der Waals surface area contributed by atoms with Crippen LogP contribution in [0.5, 0.6) is 0 Å². The lowest BCUT2D eigenvalue weighted by Crippen LogP contribution is -2.39. The summed E-state index contributed by atoms with van der Waals surface area (Å²) in [4.78, 5) is 0. The van der Waals surface area contributed by atoms with Gasteiger partial charge in [0.2, 0.25) is 0 Å². The van der Waals surface area contributed by atoms with E-state index in [0.29, 0.717) is 5.92 Å². The largest absolute Gasteiger partial charge is 0.315 e. The van der Waals surface area contributed by atoms with Gasteiger partial charge in [0.25, 0.3) is 0 Å². The molecule has 0 radical (unpaired) electrons. The van der Waals surface area contributed by atoms with Crippen molar-refractivity contribution in [2.24, 2.45) is 11.7 Å². The molecule has 1 atom stereocenters. The van der Waals surface area contributed by atoms with E-state index < -0.39 is 5.54 Å². The van der Waals surface area contributed by atoms with E-state index in [9.17, 15) is 0 Å². The van der Waals surface area contributed by atoms with Gasteiger partial charge in [-0.15, -0.1) is 18.8 Å². The van der Waals surface area contributed by atoms with Crippen molar-refractivity contribution in [2.75, 3.05) is 0 Å². The zero-order valence-electron chi connectivity index (χ0n) is 6.14. The molecule has 0 aliphatic rings. The molecule has 0 fully saturated rings. The van der Waals surface area contributed by atoms with Gasteiger partial charge in [0.15, 0.2) is 0 Å².